The summed E-state index contributed by atoms with van der Waals surface area (Å²) in [6, 6.07) is 9.32. The molecule has 0 aromatic heterocycles. The second-order valence-electron chi connectivity index (χ2n) is 4.71. The third-order valence-corrected chi connectivity index (χ3v) is 3.75. The molecule has 78 valence electrons. The van der Waals surface area contributed by atoms with Crippen LogP contribution in [-0.2, 0) is 0 Å². The molecule has 1 N–H and O–H groups in total. The molecule has 1 aliphatic heterocycles. The first-order chi connectivity index (χ1) is 7.92. The van der Waals surface area contributed by atoms with Crippen LogP contribution in [0.3, 0.4) is 0 Å². The summed E-state index contributed by atoms with van der Waals surface area (Å²) in [5, 5.41) is 6.44. The standard InChI is InChI=1S/C15H13N/c1-2-4-13-12(3-1)14-9-11-7-5-10(14)6-8-15(13)16-11/h1-6,8,11,16H,7,9H2. The van der Waals surface area contributed by atoms with Crippen molar-refractivity contribution >= 4 is 11.3 Å². The maximum Gasteiger partial charge on any atom is 0.0422 e. The first-order valence-electron chi connectivity index (χ1n) is 5.89. The van der Waals surface area contributed by atoms with Crippen LogP contribution in [0, 0.1) is 0 Å². The van der Waals surface area contributed by atoms with Crippen molar-refractivity contribution in [2.24, 2.45) is 0 Å². The largest absolute Gasteiger partial charge is 0.381 e. The van der Waals surface area contributed by atoms with E-state index >= 15 is 0 Å². The summed E-state index contributed by atoms with van der Waals surface area (Å²) in [5.41, 5.74) is 4.24. The third kappa shape index (κ3) is 1.00. The molecule has 1 aromatic carbocycles. The first kappa shape index (κ1) is 8.40. The van der Waals surface area contributed by atoms with Crippen LogP contribution >= 0.6 is 0 Å². The van der Waals surface area contributed by atoms with Crippen LogP contribution in [0.1, 0.15) is 12.8 Å². The predicted molar refractivity (Wildman–Crippen MR) is 65.9 cm³/mol. The molecular formula is C15H13N. The molecule has 1 unspecified atom stereocenters. The Hall–Kier alpha value is -1.76. The minimum Gasteiger partial charge on any atom is -0.381 e. The average Bonchev–Trinajstić information content (AvgIpc) is 2.51. The molecule has 1 aromatic rings. The molecule has 0 radical (unpaired) electrons. The van der Waals surface area contributed by atoms with Crippen LogP contribution in [0.5, 0.6) is 0 Å². The molecule has 16 heavy (non-hydrogen) atoms. The Morgan fingerprint density at radius 3 is 2.88 bits per heavy atom. The van der Waals surface area contributed by atoms with E-state index in [1.807, 2.05) is 0 Å². The number of rotatable bonds is 0. The number of hydrogen-bond acceptors (Lipinski definition) is 1. The average molecular weight is 207 g/mol. The van der Waals surface area contributed by atoms with Gasteiger partial charge in [-0.05, 0) is 35.3 Å². The van der Waals surface area contributed by atoms with Gasteiger partial charge in [-0.2, -0.15) is 0 Å². The SMILES string of the molecule is C1=CC2=c3ccccc3=C3CC(CC=C13)N2. The number of benzene rings is 1. The van der Waals surface area contributed by atoms with Gasteiger partial charge in [-0.1, -0.05) is 36.4 Å². The van der Waals surface area contributed by atoms with E-state index in [2.05, 4.69) is 47.8 Å². The van der Waals surface area contributed by atoms with Crippen LogP contribution in [0.4, 0.5) is 0 Å². The molecule has 3 bridgehead atoms. The maximum absolute atomic E-state index is 3.66. The highest BCUT2D eigenvalue weighted by molar-refractivity contribution is 5.77. The molecule has 1 heteroatoms. The van der Waals surface area contributed by atoms with Gasteiger partial charge in [0, 0.05) is 17.0 Å². The second-order valence-corrected chi connectivity index (χ2v) is 4.71. The Bertz CT molecular complexity index is 644. The van der Waals surface area contributed by atoms with Gasteiger partial charge >= 0.3 is 0 Å². The van der Waals surface area contributed by atoms with Gasteiger partial charge in [0.25, 0.3) is 0 Å². The lowest BCUT2D eigenvalue weighted by Crippen LogP contribution is -2.31. The van der Waals surface area contributed by atoms with Gasteiger partial charge in [0.1, 0.15) is 0 Å². The zero-order valence-corrected chi connectivity index (χ0v) is 9.03. The lowest BCUT2D eigenvalue weighted by atomic mass is 9.88. The van der Waals surface area contributed by atoms with Crippen LogP contribution in [0.2, 0.25) is 0 Å². The van der Waals surface area contributed by atoms with E-state index in [0.29, 0.717) is 6.04 Å². The van der Waals surface area contributed by atoms with E-state index in [0.717, 1.165) is 12.8 Å². The van der Waals surface area contributed by atoms with Crippen molar-refractivity contribution in [3.63, 3.8) is 0 Å². The van der Waals surface area contributed by atoms with Crippen LogP contribution < -0.4 is 15.8 Å². The number of fused-ring (bicyclic) bond motifs is 1. The Labute approximate surface area is 94.5 Å². The molecule has 0 amide bonds. The minimum atomic E-state index is 0.589. The molecule has 1 nitrogen and oxygen atoms in total. The molecule has 0 spiro atoms. The fourth-order valence-electron chi connectivity index (χ4n) is 2.97. The van der Waals surface area contributed by atoms with E-state index in [1.165, 1.54) is 27.3 Å². The van der Waals surface area contributed by atoms with Gasteiger partial charge in [0.2, 0.25) is 0 Å². The minimum absolute atomic E-state index is 0.589. The molecule has 1 atom stereocenters. The van der Waals surface area contributed by atoms with E-state index in [9.17, 15) is 0 Å². The second kappa shape index (κ2) is 2.88. The molecular weight excluding hydrogens is 194 g/mol. The number of allylic oxidation sites excluding steroid dienone is 2. The summed E-state index contributed by atoms with van der Waals surface area (Å²) in [6.45, 7) is 0. The van der Waals surface area contributed by atoms with Crippen LogP contribution in [0.15, 0.2) is 48.1 Å². The highest BCUT2D eigenvalue weighted by Crippen LogP contribution is 2.29. The van der Waals surface area contributed by atoms with Crippen LogP contribution in [-0.4, -0.2) is 6.04 Å². The monoisotopic (exact) mass is 207 g/mol. The fraction of sp³-hybridized carbons (Fsp3) is 0.200. The summed E-state index contributed by atoms with van der Waals surface area (Å²) < 4.78 is 0. The Kier molecular flexibility index (Phi) is 1.51. The van der Waals surface area contributed by atoms with Crippen molar-refractivity contribution in [1.82, 2.24) is 5.32 Å². The lowest BCUT2D eigenvalue weighted by molar-refractivity contribution is 0.607. The smallest absolute Gasteiger partial charge is 0.0422 e. The van der Waals surface area contributed by atoms with E-state index < -0.39 is 0 Å². The van der Waals surface area contributed by atoms with Crippen molar-refractivity contribution in [2.75, 3.05) is 0 Å². The summed E-state index contributed by atoms with van der Waals surface area (Å²) in [4.78, 5) is 0. The molecule has 4 rings (SSSR count). The summed E-state index contributed by atoms with van der Waals surface area (Å²) in [5.74, 6) is 0. The predicted octanol–water partition coefficient (Wildman–Crippen LogP) is 1.21. The van der Waals surface area contributed by atoms with E-state index in [-0.39, 0.29) is 0 Å². The van der Waals surface area contributed by atoms with E-state index in [1.54, 1.807) is 0 Å². The highest BCUT2D eigenvalue weighted by atomic mass is 14.9. The number of hydrogen-bond donors (Lipinski definition) is 1. The Balaban J connectivity index is 2.28. The highest BCUT2D eigenvalue weighted by Gasteiger charge is 2.23. The van der Waals surface area contributed by atoms with Gasteiger partial charge in [-0.25, -0.2) is 0 Å². The summed E-state index contributed by atoms with van der Waals surface area (Å²) in [6.07, 6.45) is 9.17. The van der Waals surface area contributed by atoms with Crippen molar-refractivity contribution in [3.8, 4) is 0 Å². The molecule has 2 aliphatic carbocycles. The molecule has 1 heterocycles. The van der Waals surface area contributed by atoms with Gasteiger partial charge in [0.15, 0.2) is 0 Å². The lowest BCUT2D eigenvalue weighted by Gasteiger charge is -2.26. The zero-order chi connectivity index (χ0) is 10.5. The topological polar surface area (TPSA) is 12.0 Å². The quantitative estimate of drug-likeness (QED) is 0.674. The van der Waals surface area contributed by atoms with Gasteiger partial charge in [-0.3, -0.25) is 0 Å². The van der Waals surface area contributed by atoms with Crippen molar-refractivity contribution in [3.05, 3.63) is 58.5 Å². The molecule has 0 fully saturated rings. The Morgan fingerprint density at radius 1 is 1.06 bits per heavy atom. The summed E-state index contributed by atoms with van der Waals surface area (Å²) in [7, 11) is 0. The van der Waals surface area contributed by atoms with Crippen molar-refractivity contribution in [1.29, 1.82) is 0 Å². The van der Waals surface area contributed by atoms with Crippen LogP contribution in [0.25, 0.3) is 11.3 Å². The maximum atomic E-state index is 3.66. The van der Waals surface area contributed by atoms with Gasteiger partial charge in [-0.15, -0.1) is 0 Å². The number of nitrogens with one attached hydrogen (secondary N) is 1. The van der Waals surface area contributed by atoms with Crippen molar-refractivity contribution < 1.29 is 0 Å². The Morgan fingerprint density at radius 2 is 1.94 bits per heavy atom. The fourth-order valence-corrected chi connectivity index (χ4v) is 2.97. The molecule has 0 saturated heterocycles. The third-order valence-electron chi connectivity index (χ3n) is 3.75. The van der Waals surface area contributed by atoms with Gasteiger partial charge in [0.05, 0.1) is 0 Å². The normalized spacial score (nSPS) is 24.8. The van der Waals surface area contributed by atoms with E-state index in [4.69, 9.17) is 0 Å². The van der Waals surface area contributed by atoms with Gasteiger partial charge < -0.3 is 5.32 Å². The first-order valence-corrected chi connectivity index (χ1v) is 5.89. The van der Waals surface area contributed by atoms with Crippen molar-refractivity contribution in [2.45, 2.75) is 18.9 Å². The molecule has 0 saturated carbocycles. The summed E-state index contributed by atoms with van der Waals surface area (Å²) >= 11 is 0. The zero-order valence-electron chi connectivity index (χ0n) is 9.03. The molecule has 3 aliphatic rings.